The molecule has 6 nitrogen and oxygen atoms in total. The van der Waals surface area contributed by atoms with Crippen molar-refractivity contribution in [3.8, 4) is 22.8 Å². The Hall–Kier alpha value is -2.51. The average Bonchev–Trinajstić information content (AvgIpc) is 3.10. The van der Waals surface area contributed by atoms with Gasteiger partial charge in [-0.2, -0.15) is 0 Å². The van der Waals surface area contributed by atoms with Crippen molar-refractivity contribution in [3.05, 3.63) is 53.6 Å². The molecule has 0 saturated carbocycles. The van der Waals surface area contributed by atoms with Crippen LogP contribution in [0, 0.1) is 0 Å². The quantitative estimate of drug-likeness (QED) is 0.452. The zero-order chi connectivity index (χ0) is 19.4. The molecule has 0 saturated heterocycles. The summed E-state index contributed by atoms with van der Waals surface area (Å²) >= 11 is 7.64. The van der Waals surface area contributed by atoms with Crippen molar-refractivity contribution in [1.29, 1.82) is 0 Å². The summed E-state index contributed by atoms with van der Waals surface area (Å²) in [6.45, 7) is 1.76. The minimum Gasteiger partial charge on any atom is -0.497 e. The van der Waals surface area contributed by atoms with Crippen LogP contribution in [0.2, 0.25) is 5.02 Å². The number of thioether (sulfide) groups is 1. The fraction of sp³-hybridized carbons (Fsp3) is 0.211. The summed E-state index contributed by atoms with van der Waals surface area (Å²) in [4.78, 5) is 11.8. The first-order chi connectivity index (χ1) is 13.0. The van der Waals surface area contributed by atoms with Gasteiger partial charge in [-0.3, -0.25) is 9.36 Å². The summed E-state index contributed by atoms with van der Waals surface area (Å²) in [5.41, 5.74) is 1.58. The van der Waals surface area contributed by atoms with Crippen LogP contribution >= 0.6 is 23.4 Å². The topological polar surface area (TPSA) is 66.2 Å². The molecule has 0 N–H and O–H groups in total. The Morgan fingerprint density at radius 3 is 2.44 bits per heavy atom. The van der Waals surface area contributed by atoms with E-state index in [0.29, 0.717) is 16.0 Å². The molecule has 3 rings (SSSR count). The molecule has 1 heterocycles. The highest BCUT2D eigenvalue weighted by Gasteiger charge is 2.23. The number of rotatable bonds is 6. The van der Waals surface area contributed by atoms with Crippen molar-refractivity contribution in [2.24, 2.45) is 0 Å². The Bertz CT molecular complexity index is 944. The van der Waals surface area contributed by atoms with Gasteiger partial charge in [0.15, 0.2) is 11.0 Å². The van der Waals surface area contributed by atoms with Gasteiger partial charge in [0, 0.05) is 11.3 Å². The van der Waals surface area contributed by atoms with Crippen LogP contribution in [0.5, 0.6) is 5.75 Å². The molecule has 1 aromatic heterocycles. The van der Waals surface area contributed by atoms with E-state index in [2.05, 4.69) is 10.2 Å². The van der Waals surface area contributed by atoms with Gasteiger partial charge < -0.3 is 9.47 Å². The highest BCUT2D eigenvalue weighted by atomic mass is 35.5. The molecule has 0 bridgehead atoms. The van der Waals surface area contributed by atoms with E-state index in [-0.39, 0.29) is 5.97 Å². The van der Waals surface area contributed by atoms with Crippen molar-refractivity contribution in [2.75, 3.05) is 14.2 Å². The summed E-state index contributed by atoms with van der Waals surface area (Å²) in [5.74, 6) is 0.997. The highest BCUT2D eigenvalue weighted by Crippen LogP contribution is 2.33. The minimum absolute atomic E-state index is 0.330. The molecule has 140 valence electrons. The van der Waals surface area contributed by atoms with E-state index in [9.17, 15) is 4.79 Å². The van der Waals surface area contributed by atoms with Crippen LogP contribution in [0.25, 0.3) is 17.1 Å². The van der Waals surface area contributed by atoms with Crippen molar-refractivity contribution in [1.82, 2.24) is 14.8 Å². The van der Waals surface area contributed by atoms with Crippen LogP contribution in [-0.2, 0) is 9.53 Å². The second-order valence-electron chi connectivity index (χ2n) is 5.60. The average molecular weight is 404 g/mol. The second kappa shape index (κ2) is 8.45. The number of carbonyl (C=O) groups is 1. The molecule has 1 atom stereocenters. The van der Waals surface area contributed by atoms with E-state index >= 15 is 0 Å². The van der Waals surface area contributed by atoms with E-state index in [0.717, 1.165) is 17.0 Å². The third-order valence-corrected chi connectivity index (χ3v) is 5.24. The summed E-state index contributed by atoms with van der Waals surface area (Å²) in [6, 6.07) is 14.9. The Morgan fingerprint density at radius 1 is 1.11 bits per heavy atom. The number of ether oxygens (including phenoxy) is 2. The van der Waals surface area contributed by atoms with Crippen LogP contribution in [0.3, 0.4) is 0 Å². The van der Waals surface area contributed by atoms with Gasteiger partial charge in [-0.1, -0.05) is 35.5 Å². The van der Waals surface area contributed by atoms with Gasteiger partial charge in [-0.05, 0) is 43.3 Å². The van der Waals surface area contributed by atoms with Crippen LogP contribution < -0.4 is 4.74 Å². The van der Waals surface area contributed by atoms with Gasteiger partial charge in [0.1, 0.15) is 11.0 Å². The zero-order valence-electron chi connectivity index (χ0n) is 15.0. The Kier molecular flexibility index (Phi) is 6.03. The van der Waals surface area contributed by atoms with Crippen LogP contribution in [0.1, 0.15) is 6.92 Å². The molecule has 0 unspecified atom stereocenters. The van der Waals surface area contributed by atoms with Crippen molar-refractivity contribution in [2.45, 2.75) is 17.3 Å². The highest BCUT2D eigenvalue weighted by molar-refractivity contribution is 8.00. The molecule has 0 aliphatic carbocycles. The van der Waals surface area contributed by atoms with Gasteiger partial charge in [0.05, 0.1) is 19.2 Å². The molecule has 27 heavy (non-hydrogen) atoms. The van der Waals surface area contributed by atoms with E-state index in [1.165, 1.54) is 18.9 Å². The summed E-state index contributed by atoms with van der Waals surface area (Å²) in [5, 5.41) is 9.31. The monoisotopic (exact) mass is 403 g/mol. The smallest absolute Gasteiger partial charge is 0.318 e. The molecule has 2 aromatic carbocycles. The van der Waals surface area contributed by atoms with Crippen LogP contribution in [-0.4, -0.2) is 40.2 Å². The number of benzene rings is 2. The number of carbonyl (C=O) groups excluding carboxylic acids is 1. The molecular weight excluding hydrogens is 386 g/mol. The molecule has 0 fully saturated rings. The Balaban J connectivity index is 2.11. The van der Waals surface area contributed by atoms with Gasteiger partial charge in [0.25, 0.3) is 0 Å². The molecule has 0 aliphatic heterocycles. The molecular formula is C19H18ClN3O3S. The summed E-state index contributed by atoms with van der Waals surface area (Å²) in [7, 11) is 2.98. The Labute approximate surface area is 166 Å². The van der Waals surface area contributed by atoms with Gasteiger partial charge in [-0.15, -0.1) is 10.2 Å². The normalized spacial score (nSPS) is 11.9. The van der Waals surface area contributed by atoms with Gasteiger partial charge >= 0.3 is 5.97 Å². The lowest BCUT2D eigenvalue weighted by Gasteiger charge is -2.13. The van der Waals surface area contributed by atoms with Crippen molar-refractivity contribution >= 4 is 29.3 Å². The molecule has 8 heteroatoms. The predicted octanol–water partition coefficient (Wildman–Crippen LogP) is 4.25. The second-order valence-corrected chi connectivity index (χ2v) is 7.32. The first-order valence-electron chi connectivity index (χ1n) is 8.14. The van der Waals surface area contributed by atoms with E-state index in [1.54, 1.807) is 20.1 Å². The maximum Gasteiger partial charge on any atom is 0.318 e. The summed E-state index contributed by atoms with van der Waals surface area (Å²) in [6.07, 6.45) is 0. The third kappa shape index (κ3) is 4.09. The number of hydrogen-bond donors (Lipinski definition) is 0. The molecule has 0 radical (unpaired) electrons. The zero-order valence-corrected chi connectivity index (χ0v) is 16.6. The summed E-state index contributed by atoms with van der Waals surface area (Å²) < 4.78 is 11.9. The van der Waals surface area contributed by atoms with Crippen LogP contribution in [0.15, 0.2) is 53.7 Å². The van der Waals surface area contributed by atoms with Gasteiger partial charge in [0.2, 0.25) is 0 Å². The lowest BCUT2D eigenvalue weighted by Crippen LogP contribution is -2.15. The lowest BCUT2D eigenvalue weighted by molar-refractivity contribution is -0.139. The Morgan fingerprint density at radius 2 is 1.81 bits per heavy atom. The largest absolute Gasteiger partial charge is 0.497 e. The number of nitrogens with zero attached hydrogens (tertiary/aromatic N) is 3. The third-order valence-electron chi connectivity index (χ3n) is 3.89. The SMILES string of the molecule is COC(=O)[C@H](C)Sc1nnc(-c2ccccc2Cl)n1-c1ccc(OC)cc1. The number of hydrogen-bond acceptors (Lipinski definition) is 6. The number of aromatic nitrogens is 3. The van der Waals surface area contributed by atoms with Crippen molar-refractivity contribution < 1.29 is 14.3 Å². The molecule has 3 aromatic rings. The minimum atomic E-state index is -0.435. The lowest BCUT2D eigenvalue weighted by atomic mass is 10.2. The first kappa shape index (κ1) is 19.3. The van der Waals surface area contributed by atoms with E-state index in [1.807, 2.05) is 47.0 Å². The van der Waals surface area contributed by atoms with Gasteiger partial charge in [-0.25, -0.2) is 0 Å². The van der Waals surface area contributed by atoms with Crippen molar-refractivity contribution in [3.63, 3.8) is 0 Å². The van der Waals surface area contributed by atoms with E-state index in [4.69, 9.17) is 21.1 Å². The fourth-order valence-corrected chi connectivity index (χ4v) is 3.61. The maximum absolute atomic E-state index is 11.8. The number of halogens is 1. The fourth-order valence-electron chi connectivity index (χ4n) is 2.50. The number of methoxy groups -OCH3 is 2. The van der Waals surface area contributed by atoms with Crippen LogP contribution in [0.4, 0.5) is 0 Å². The molecule has 0 spiro atoms. The maximum atomic E-state index is 11.8. The van der Waals surface area contributed by atoms with E-state index < -0.39 is 5.25 Å². The molecule has 0 amide bonds. The molecule has 0 aliphatic rings. The predicted molar refractivity (Wildman–Crippen MR) is 106 cm³/mol. The number of esters is 1. The first-order valence-corrected chi connectivity index (χ1v) is 9.40. The standard InChI is InChI=1S/C19H18ClN3O3S/c1-12(18(24)26-3)27-19-22-21-17(15-6-4-5-7-16(15)20)23(19)13-8-10-14(25-2)11-9-13/h4-12H,1-3H3/t12-/m0/s1.